The van der Waals surface area contributed by atoms with Gasteiger partial charge in [0.05, 0.1) is 0 Å². The summed E-state index contributed by atoms with van der Waals surface area (Å²) in [4.78, 5) is 0. The minimum absolute atomic E-state index is 0.139. The van der Waals surface area contributed by atoms with Crippen LogP contribution in [0.4, 0.5) is 0 Å². The summed E-state index contributed by atoms with van der Waals surface area (Å²) in [5.74, 6) is 0. The number of unbranched alkanes of at least 4 members (excludes halogenated alkanes) is 1. The second-order valence-electron chi connectivity index (χ2n) is 1.39. The summed E-state index contributed by atoms with van der Waals surface area (Å²) in [5.41, 5.74) is 0. The Balaban J connectivity index is 2.45. The van der Waals surface area contributed by atoms with Crippen LogP contribution in [0.2, 0.25) is 0 Å². The van der Waals surface area contributed by atoms with Gasteiger partial charge in [-0.3, -0.25) is 0 Å². The third-order valence-electron chi connectivity index (χ3n) is 0.734. The molecule has 0 saturated heterocycles. The van der Waals surface area contributed by atoms with Gasteiger partial charge in [-0.05, 0) is 6.42 Å². The molecule has 0 amide bonds. The molecule has 0 fully saturated rings. The van der Waals surface area contributed by atoms with Crippen molar-refractivity contribution in [3.63, 3.8) is 0 Å². The highest BCUT2D eigenvalue weighted by Gasteiger charge is 1.82. The van der Waals surface area contributed by atoms with E-state index in [1.807, 2.05) is 0 Å². The van der Waals surface area contributed by atoms with Gasteiger partial charge in [0.2, 0.25) is 0 Å². The van der Waals surface area contributed by atoms with Gasteiger partial charge >= 0.3 is 7.69 Å². The van der Waals surface area contributed by atoms with E-state index in [1.54, 1.807) is 0 Å². The summed E-state index contributed by atoms with van der Waals surface area (Å²) < 4.78 is 4.63. The lowest BCUT2D eigenvalue weighted by Gasteiger charge is -1.93. The molecule has 0 heterocycles. The summed E-state index contributed by atoms with van der Waals surface area (Å²) in [5, 5.41) is 8.07. The number of hydrogen-bond acceptors (Lipinski definition) is 2. The standard InChI is InChI=1S/C4H11BO2/c1-2-3-4-7-5-6/h5-6H,2-4H2,1H3. The molecule has 1 N–H and O–H groups in total. The first kappa shape index (κ1) is 6.98. The maximum Gasteiger partial charge on any atom is 0.435 e. The van der Waals surface area contributed by atoms with Gasteiger partial charge in [-0.2, -0.15) is 0 Å². The van der Waals surface area contributed by atoms with Crippen molar-refractivity contribution in [2.75, 3.05) is 6.61 Å². The second-order valence-corrected chi connectivity index (χ2v) is 1.39. The third kappa shape index (κ3) is 5.98. The Labute approximate surface area is 44.8 Å². The Morgan fingerprint density at radius 2 is 2.43 bits per heavy atom. The van der Waals surface area contributed by atoms with Crippen LogP contribution in [-0.2, 0) is 4.65 Å². The average molecular weight is 102 g/mol. The molecule has 0 rings (SSSR count). The summed E-state index contributed by atoms with van der Waals surface area (Å²) in [6, 6.07) is 0. The maximum absolute atomic E-state index is 8.07. The van der Waals surface area contributed by atoms with E-state index in [4.69, 9.17) is 5.02 Å². The third-order valence-corrected chi connectivity index (χ3v) is 0.734. The van der Waals surface area contributed by atoms with Gasteiger partial charge in [-0.25, -0.2) is 0 Å². The summed E-state index contributed by atoms with van der Waals surface area (Å²) in [7, 11) is -0.139. The van der Waals surface area contributed by atoms with Crippen molar-refractivity contribution in [1.29, 1.82) is 0 Å². The molecular weight excluding hydrogens is 90.9 g/mol. The molecule has 0 aliphatic heterocycles. The Morgan fingerprint density at radius 3 is 2.86 bits per heavy atom. The normalized spacial score (nSPS) is 8.86. The molecule has 42 valence electrons. The van der Waals surface area contributed by atoms with Crippen LogP contribution >= 0.6 is 0 Å². The molecule has 0 aliphatic rings. The highest BCUT2D eigenvalue weighted by molar-refractivity contribution is 6.15. The molecule has 2 nitrogen and oxygen atoms in total. The topological polar surface area (TPSA) is 29.5 Å². The molecule has 0 aliphatic carbocycles. The lowest BCUT2D eigenvalue weighted by Crippen LogP contribution is -1.97. The van der Waals surface area contributed by atoms with Gasteiger partial charge in [0, 0.05) is 6.61 Å². The fourth-order valence-electron chi connectivity index (χ4n) is 0.311. The van der Waals surface area contributed by atoms with E-state index >= 15 is 0 Å². The Hall–Kier alpha value is -0.0151. The molecule has 3 heteroatoms. The van der Waals surface area contributed by atoms with Crippen molar-refractivity contribution in [3.8, 4) is 0 Å². The molecule has 0 unspecified atom stereocenters. The average Bonchev–Trinajstić information content (AvgIpc) is 1.69. The van der Waals surface area contributed by atoms with Crippen LogP contribution in [-0.4, -0.2) is 19.3 Å². The zero-order chi connectivity index (χ0) is 5.54. The molecule has 0 aromatic carbocycles. The zero-order valence-electron chi connectivity index (χ0n) is 4.68. The lowest BCUT2D eigenvalue weighted by molar-refractivity contribution is 0.278. The SMILES string of the molecule is CCCCOBO. The van der Waals surface area contributed by atoms with Crippen LogP contribution in [0, 0.1) is 0 Å². The molecule has 0 atom stereocenters. The van der Waals surface area contributed by atoms with Crippen LogP contribution in [0.15, 0.2) is 0 Å². The minimum Gasteiger partial charge on any atom is -0.430 e. The van der Waals surface area contributed by atoms with Gasteiger partial charge in [0.25, 0.3) is 0 Å². The van der Waals surface area contributed by atoms with Crippen molar-refractivity contribution in [2.24, 2.45) is 0 Å². The predicted molar refractivity (Wildman–Crippen MR) is 30.2 cm³/mol. The van der Waals surface area contributed by atoms with Crippen molar-refractivity contribution < 1.29 is 9.68 Å². The van der Waals surface area contributed by atoms with Crippen molar-refractivity contribution in [1.82, 2.24) is 0 Å². The molecule has 0 bridgehead atoms. The van der Waals surface area contributed by atoms with Gasteiger partial charge in [-0.1, -0.05) is 13.3 Å². The van der Waals surface area contributed by atoms with E-state index in [9.17, 15) is 0 Å². The Kier molecular flexibility index (Phi) is 5.97. The first-order chi connectivity index (χ1) is 3.41. The van der Waals surface area contributed by atoms with Crippen molar-refractivity contribution in [3.05, 3.63) is 0 Å². The Morgan fingerprint density at radius 1 is 1.71 bits per heavy atom. The monoisotopic (exact) mass is 102 g/mol. The van der Waals surface area contributed by atoms with Crippen LogP contribution in [0.3, 0.4) is 0 Å². The zero-order valence-corrected chi connectivity index (χ0v) is 4.68. The highest BCUT2D eigenvalue weighted by atomic mass is 16.5. The molecule has 0 aromatic rings. The summed E-state index contributed by atoms with van der Waals surface area (Å²) in [6.45, 7) is 2.77. The molecule has 0 aromatic heterocycles. The van der Waals surface area contributed by atoms with Crippen LogP contribution in [0.5, 0.6) is 0 Å². The largest absolute Gasteiger partial charge is 0.435 e. The molecular formula is C4H11BO2. The fraction of sp³-hybridized carbons (Fsp3) is 1.00. The van der Waals surface area contributed by atoms with Crippen molar-refractivity contribution in [2.45, 2.75) is 19.8 Å². The molecule has 0 spiro atoms. The quantitative estimate of drug-likeness (QED) is 0.401. The second kappa shape index (κ2) is 5.98. The van der Waals surface area contributed by atoms with Gasteiger partial charge in [0.15, 0.2) is 0 Å². The van der Waals surface area contributed by atoms with Crippen molar-refractivity contribution >= 4 is 7.69 Å². The molecule has 7 heavy (non-hydrogen) atoms. The lowest BCUT2D eigenvalue weighted by atomic mass is 10.3. The molecule has 0 saturated carbocycles. The molecule has 0 radical (unpaired) electrons. The van der Waals surface area contributed by atoms with E-state index in [-0.39, 0.29) is 7.69 Å². The summed E-state index contributed by atoms with van der Waals surface area (Å²) >= 11 is 0. The smallest absolute Gasteiger partial charge is 0.430 e. The van der Waals surface area contributed by atoms with E-state index in [0.29, 0.717) is 6.61 Å². The predicted octanol–water partition coefficient (Wildman–Crippen LogP) is 0.0619. The highest BCUT2D eigenvalue weighted by Crippen LogP contribution is 1.84. The number of rotatable bonds is 4. The number of hydrogen-bond donors (Lipinski definition) is 1. The van der Waals surface area contributed by atoms with Gasteiger partial charge < -0.3 is 9.68 Å². The van der Waals surface area contributed by atoms with Crippen LogP contribution < -0.4 is 0 Å². The van der Waals surface area contributed by atoms with E-state index in [1.165, 1.54) is 0 Å². The van der Waals surface area contributed by atoms with Crippen LogP contribution in [0.1, 0.15) is 19.8 Å². The minimum atomic E-state index is -0.139. The van der Waals surface area contributed by atoms with E-state index < -0.39 is 0 Å². The first-order valence-electron chi connectivity index (χ1n) is 2.60. The van der Waals surface area contributed by atoms with E-state index in [2.05, 4.69) is 11.6 Å². The Bertz CT molecular complexity index is 28.9. The fourth-order valence-corrected chi connectivity index (χ4v) is 0.311. The summed E-state index contributed by atoms with van der Waals surface area (Å²) in [6.07, 6.45) is 2.17. The maximum atomic E-state index is 8.07. The first-order valence-corrected chi connectivity index (χ1v) is 2.60. The van der Waals surface area contributed by atoms with Gasteiger partial charge in [-0.15, -0.1) is 0 Å². The van der Waals surface area contributed by atoms with Crippen LogP contribution in [0.25, 0.3) is 0 Å². The van der Waals surface area contributed by atoms with E-state index in [0.717, 1.165) is 12.8 Å². The van der Waals surface area contributed by atoms with Gasteiger partial charge in [0.1, 0.15) is 0 Å².